The molecule has 20 heavy (non-hydrogen) atoms. The van der Waals surface area contributed by atoms with Crippen molar-refractivity contribution >= 4 is 29.2 Å². The number of rotatable bonds is 2. The zero-order valence-corrected chi connectivity index (χ0v) is 11.1. The van der Waals surface area contributed by atoms with Crippen molar-refractivity contribution in [2.24, 2.45) is 0 Å². The summed E-state index contributed by atoms with van der Waals surface area (Å²) >= 11 is 6.09. The molecule has 0 aliphatic carbocycles. The van der Waals surface area contributed by atoms with Crippen molar-refractivity contribution in [1.29, 1.82) is 0 Å². The molecular formula is C15H9ClNO3-. The molecule has 0 aromatic heterocycles. The summed E-state index contributed by atoms with van der Waals surface area (Å²) in [4.78, 5) is 25.0. The third-order valence-corrected chi connectivity index (χ3v) is 3.62. The van der Waals surface area contributed by atoms with Gasteiger partial charge in [0.05, 0.1) is 28.8 Å². The van der Waals surface area contributed by atoms with E-state index in [4.69, 9.17) is 11.6 Å². The van der Waals surface area contributed by atoms with E-state index in [1.54, 1.807) is 36.4 Å². The van der Waals surface area contributed by atoms with Gasteiger partial charge in [-0.3, -0.25) is 4.79 Å². The number of hydrogen-bond acceptors (Lipinski definition) is 3. The molecule has 0 saturated carbocycles. The highest BCUT2D eigenvalue weighted by molar-refractivity contribution is 6.34. The number of nitrogens with zero attached hydrogens (tertiary/aromatic N) is 1. The highest BCUT2D eigenvalue weighted by Crippen LogP contribution is 2.34. The molecule has 2 aromatic rings. The summed E-state index contributed by atoms with van der Waals surface area (Å²) in [5, 5.41) is 11.6. The summed E-state index contributed by atoms with van der Waals surface area (Å²) in [6, 6.07) is 11.7. The topological polar surface area (TPSA) is 60.4 Å². The van der Waals surface area contributed by atoms with Crippen molar-refractivity contribution in [2.75, 3.05) is 4.90 Å². The maximum atomic E-state index is 12.5. The van der Waals surface area contributed by atoms with Gasteiger partial charge >= 0.3 is 0 Å². The van der Waals surface area contributed by atoms with E-state index in [-0.39, 0.29) is 17.0 Å². The lowest BCUT2D eigenvalue weighted by Gasteiger charge is -2.17. The van der Waals surface area contributed by atoms with E-state index < -0.39 is 5.97 Å². The Morgan fingerprint density at radius 1 is 1.15 bits per heavy atom. The number of anilines is 1. The van der Waals surface area contributed by atoms with Crippen molar-refractivity contribution in [3.63, 3.8) is 0 Å². The van der Waals surface area contributed by atoms with E-state index in [0.717, 1.165) is 0 Å². The second-order valence-electron chi connectivity index (χ2n) is 4.47. The second-order valence-corrected chi connectivity index (χ2v) is 4.88. The van der Waals surface area contributed by atoms with Gasteiger partial charge in [-0.1, -0.05) is 41.9 Å². The van der Waals surface area contributed by atoms with Gasteiger partial charge in [0.1, 0.15) is 0 Å². The third kappa shape index (κ3) is 1.85. The van der Waals surface area contributed by atoms with Crippen LogP contribution < -0.4 is 10.0 Å². The zero-order chi connectivity index (χ0) is 14.3. The first-order chi connectivity index (χ1) is 9.59. The van der Waals surface area contributed by atoms with Crippen LogP contribution in [0.25, 0.3) is 0 Å². The summed E-state index contributed by atoms with van der Waals surface area (Å²) in [6.45, 7) is 0.305. The van der Waals surface area contributed by atoms with Gasteiger partial charge in [-0.25, -0.2) is 0 Å². The Balaban J connectivity index is 2.10. The minimum Gasteiger partial charge on any atom is -0.545 e. The molecule has 0 atom stereocenters. The molecule has 0 radical (unpaired) electrons. The van der Waals surface area contributed by atoms with Gasteiger partial charge in [-0.2, -0.15) is 0 Å². The minimum absolute atomic E-state index is 0.0814. The lowest BCUT2D eigenvalue weighted by molar-refractivity contribution is -0.255. The molecule has 1 heterocycles. The molecule has 1 amide bonds. The van der Waals surface area contributed by atoms with Crippen LogP contribution in [0.2, 0.25) is 5.02 Å². The van der Waals surface area contributed by atoms with Crippen molar-refractivity contribution in [1.82, 2.24) is 0 Å². The van der Waals surface area contributed by atoms with Crippen molar-refractivity contribution in [3.8, 4) is 0 Å². The number of carbonyl (C=O) groups excluding carboxylic acids is 2. The first-order valence-corrected chi connectivity index (χ1v) is 6.37. The fourth-order valence-corrected chi connectivity index (χ4v) is 2.63. The van der Waals surface area contributed by atoms with Crippen LogP contribution in [0.15, 0.2) is 42.5 Å². The Kier molecular flexibility index (Phi) is 2.95. The van der Waals surface area contributed by atoms with Crippen molar-refractivity contribution < 1.29 is 14.7 Å². The summed E-state index contributed by atoms with van der Waals surface area (Å²) in [5.74, 6) is -1.72. The number of carboxylic acids is 1. The fraction of sp³-hybridized carbons (Fsp3) is 0.0667. The standard InChI is InChI=1S/C15H10ClNO3/c16-11-6-1-2-7-12(11)17-8-9-4-3-5-10(15(19)20)13(9)14(17)18/h1-7H,8H2,(H,19,20)/p-1. The lowest BCUT2D eigenvalue weighted by Crippen LogP contribution is -2.27. The Bertz CT molecular complexity index is 727. The summed E-state index contributed by atoms with van der Waals surface area (Å²) in [5.41, 5.74) is 1.34. The quantitative estimate of drug-likeness (QED) is 0.847. The first-order valence-electron chi connectivity index (χ1n) is 5.99. The van der Waals surface area contributed by atoms with Crippen LogP contribution in [-0.4, -0.2) is 11.9 Å². The molecule has 1 aliphatic heterocycles. The van der Waals surface area contributed by atoms with Crippen LogP contribution in [0.3, 0.4) is 0 Å². The summed E-state index contributed by atoms with van der Waals surface area (Å²) < 4.78 is 0. The monoisotopic (exact) mass is 286 g/mol. The molecule has 100 valence electrons. The maximum absolute atomic E-state index is 12.5. The van der Waals surface area contributed by atoms with Gasteiger partial charge in [0, 0.05) is 5.56 Å². The van der Waals surface area contributed by atoms with Crippen LogP contribution in [0.5, 0.6) is 0 Å². The molecule has 0 bridgehead atoms. The normalized spacial score (nSPS) is 13.4. The molecule has 0 N–H and O–H groups in total. The molecule has 5 heteroatoms. The van der Waals surface area contributed by atoms with E-state index in [1.165, 1.54) is 11.0 Å². The Hall–Kier alpha value is -2.33. The number of benzene rings is 2. The molecular weight excluding hydrogens is 278 g/mol. The number of halogens is 1. The molecule has 0 unspecified atom stereocenters. The van der Waals surface area contributed by atoms with Crippen molar-refractivity contribution in [3.05, 3.63) is 64.2 Å². The Morgan fingerprint density at radius 2 is 1.90 bits per heavy atom. The molecule has 1 aliphatic rings. The maximum Gasteiger partial charge on any atom is 0.259 e. The number of carboxylic acid groups (broad SMARTS) is 1. The van der Waals surface area contributed by atoms with Crippen LogP contribution in [-0.2, 0) is 6.54 Å². The SMILES string of the molecule is O=C([O-])c1cccc2c1C(=O)N(c1ccccc1Cl)C2. The van der Waals surface area contributed by atoms with Crippen LogP contribution in [0.4, 0.5) is 5.69 Å². The van der Waals surface area contributed by atoms with E-state index in [2.05, 4.69) is 0 Å². The number of para-hydroxylation sites is 1. The van der Waals surface area contributed by atoms with E-state index in [1.807, 2.05) is 0 Å². The minimum atomic E-state index is -1.35. The predicted octanol–water partition coefficient (Wildman–Crippen LogP) is 1.86. The number of aromatic carboxylic acids is 1. The van der Waals surface area contributed by atoms with Gasteiger partial charge in [-0.05, 0) is 17.7 Å². The second kappa shape index (κ2) is 4.65. The first kappa shape index (κ1) is 12.7. The number of fused-ring (bicyclic) bond motifs is 1. The molecule has 0 saturated heterocycles. The molecule has 2 aromatic carbocycles. The summed E-state index contributed by atoms with van der Waals surface area (Å²) in [7, 11) is 0. The zero-order valence-electron chi connectivity index (χ0n) is 10.3. The average molecular weight is 287 g/mol. The van der Waals surface area contributed by atoms with Crippen LogP contribution in [0, 0.1) is 0 Å². The van der Waals surface area contributed by atoms with Crippen molar-refractivity contribution in [2.45, 2.75) is 6.54 Å². The van der Waals surface area contributed by atoms with E-state index >= 15 is 0 Å². The Morgan fingerprint density at radius 3 is 2.60 bits per heavy atom. The predicted molar refractivity (Wildman–Crippen MR) is 72.7 cm³/mol. The van der Waals surface area contributed by atoms with Gasteiger partial charge in [0.25, 0.3) is 5.91 Å². The average Bonchev–Trinajstić information content (AvgIpc) is 2.76. The lowest BCUT2D eigenvalue weighted by atomic mass is 10.0. The van der Waals surface area contributed by atoms with E-state index in [0.29, 0.717) is 22.8 Å². The smallest absolute Gasteiger partial charge is 0.259 e. The molecule has 4 nitrogen and oxygen atoms in total. The van der Waals surface area contributed by atoms with Gasteiger partial charge in [-0.15, -0.1) is 0 Å². The van der Waals surface area contributed by atoms with Gasteiger partial charge < -0.3 is 14.8 Å². The third-order valence-electron chi connectivity index (χ3n) is 3.30. The molecule has 0 fully saturated rings. The number of hydrogen-bond donors (Lipinski definition) is 0. The van der Waals surface area contributed by atoms with Crippen LogP contribution in [0.1, 0.15) is 26.3 Å². The Labute approximate surface area is 120 Å². The van der Waals surface area contributed by atoms with E-state index in [9.17, 15) is 14.7 Å². The van der Waals surface area contributed by atoms with Gasteiger partial charge in [0.15, 0.2) is 0 Å². The molecule has 0 spiro atoms. The highest BCUT2D eigenvalue weighted by Gasteiger charge is 2.31. The number of carbonyl (C=O) groups is 2. The largest absolute Gasteiger partial charge is 0.545 e. The van der Waals surface area contributed by atoms with Crippen LogP contribution >= 0.6 is 11.6 Å². The highest BCUT2D eigenvalue weighted by atomic mass is 35.5. The molecule has 3 rings (SSSR count). The van der Waals surface area contributed by atoms with Gasteiger partial charge in [0.2, 0.25) is 0 Å². The fourth-order valence-electron chi connectivity index (χ4n) is 2.40. The number of amides is 1. The summed E-state index contributed by atoms with van der Waals surface area (Å²) in [6.07, 6.45) is 0.